The predicted octanol–water partition coefficient (Wildman–Crippen LogP) is 4.63. The van der Waals surface area contributed by atoms with E-state index in [1.165, 1.54) is 16.7 Å². The molecule has 2 aromatic carbocycles. The third kappa shape index (κ3) is 3.30. The first-order valence-corrected chi connectivity index (χ1v) is 7.40. The molecule has 1 aliphatic rings. The van der Waals surface area contributed by atoms with E-state index in [2.05, 4.69) is 53.4 Å². The molecule has 0 aliphatic carbocycles. The molecule has 0 bridgehead atoms. The lowest BCUT2D eigenvalue weighted by atomic mass is 9.99. The fraction of sp³-hybridized carbons (Fsp3) is 0.222. The van der Waals surface area contributed by atoms with Crippen LogP contribution in [0.4, 0.5) is 0 Å². The molecule has 102 valence electrons. The Labute approximate surface area is 125 Å². The van der Waals surface area contributed by atoms with Gasteiger partial charge < -0.3 is 0 Å². The van der Waals surface area contributed by atoms with Gasteiger partial charge in [0, 0.05) is 24.7 Å². The summed E-state index contributed by atoms with van der Waals surface area (Å²) in [5.74, 6) is 0. The Kier molecular flexibility index (Phi) is 4.19. The van der Waals surface area contributed by atoms with Crippen molar-refractivity contribution in [3.8, 4) is 0 Å². The zero-order valence-electron chi connectivity index (χ0n) is 11.4. The summed E-state index contributed by atoms with van der Waals surface area (Å²) in [7, 11) is 0. The molecule has 0 fully saturated rings. The summed E-state index contributed by atoms with van der Waals surface area (Å²) in [5, 5.41) is 0.802. The van der Waals surface area contributed by atoms with Gasteiger partial charge in [0.05, 0.1) is 0 Å². The Bertz CT molecular complexity index is 587. The molecule has 3 rings (SSSR count). The van der Waals surface area contributed by atoms with Crippen LogP contribution in [0.1, 0.15) is 17.5 Å². The zero-order valence-corrected chi connectivity index (χ0v) is 12.2. The first-order chi connectivity index (χ1) is 9.81. The molecule has 2 aromatic rings. The molecule has 1 heterocycles. The van der Waals surface area contributed by atoms with Crippen LogP contribution < -0.4 is 0 Å². The topological polar surface area (TPSA) is 3.24 Å². The predicted molar refractivity (Wildman–Crippen MR) is 85.8 cm³/mol. The Hall–Kier alpha value is -1.57. The number of hydrogen-bond acceptors (Lipinski definition) is 1. The van der Waals surface area contributed by atoms with E-state index in [-0.39, 0.29) is 0 Å². The zero-order chi connectivity index (χ0) is 13.8. The van der Waals surface area contributed by atoms with Crippen LogP contribution in [0.2, 0.25) is 5.02 Å². The maximum Gasteiger partial charge on any atom is 0.0406 e. The first-order valence-electron chi connectivity index (χ1n) is 7.02. The number of hydrogen-bond donors (Lipinski definition) is 0. The smallest absolute Gasteiger partial charge is 0.0406 e. The fourth-order valence-corrected chi connectivity index (χ4v) is 2.75. The maximum atomic E-state index is 5.94. The van der Waals surface area contributed by atoms with Crippen molar-refractivity contribution in [3.63, 3.8) is 0 Å². The highest BCUT2D eigenvalue weighted by Gasteiger charge is 2.12. The third-order valence-corrected chi connectivity index (χ3v) is 4.01. The molecule has 20 heavy (non-hydrogen) atoms. The van der Waals surface area contributed by atoms with Crippen LogP contribution in [0.15, 0.2) is 60.7 Å². The van der Waals surface area contributed by atoms with E-state index in [4.69, 9.17) is 11.6 Å². The van der Waals surface area contributed by atoms with Gasteiger partial charge in [0.25, 0.3) is 0 Å². The van der Waals surface area contributed by atoms with Crippen LogP contribution in [0.25, 0.3) is 5.57 Å². The fourth-order valence-electron chi connectivity index (χ4n) is 2.62. The van der Waals surface area contributed by atoms with Crippen molar-refractivity contribution in [3.05, 3.63) is 76.8 Å². The van der Waals surface area contributed by atoms with Crippen LogP contribution in [-0.2, 0) is 6.54 Å². The van der Waals surface area contributed by atoms with Crippen LogP contribution in [0, 0.1) is 0 Å². The van der Waals surface area contributed by atoms with Crippen molar-refractivity contribution < 1.29 is 0 Å². The van der Waals surface area contributed by atoms with E-state index in [1.54, 1.807) is 0 Å². The van der Waals surface area contributed by atoms with Gasteiger partial charge in [-0.1, -0.05) is 60.1 Å². The molecule has 0 aromatic heterocycles. The van der Waals surface area contributed by atoms with E-state index in [9.17, 15) is 0 Å². The lowest BCUT2D eigenvalue weighted by Crippen LogP contribution is -2.27. The maximum absolute atomic E-state index is 5.94. The van der Waals surface area contributed by atoms with Crippen LogP contribution >= 0.6 is 11.6 Å². The molecule has 1 nitrogen and oxygen atoms in total. The van der Waals surface area contributed by atoms with E-state index in [1.807, 2.05) is 12.1 Å². The van der Waals surface area contributed by atoms with Crippen LogP contribution in [0.5, 0.6) is 0 Å². The Morgan fingerprint density at radius 2 is 1.70 bits per heavy atom. The largest absolute Gasteiger partial charge is 0.295 e. The average Bonchev–Trinajstić information content (AvgIpc) is 2.50. The molecular formula is C18H18ClN. The average molecular weight is 284 g/mol. The van der Waals surface area contributed by atoms with Gasteiger partial charge >= 0.3 is 0 Å². The van der Waals surface area contributed by atoms with E-state index in [0.29, 0.717) is 0 Å². The minimum Gasteiger partial charge on any atom is -0.295 e. The monoisotopic (exact) mass is 283 g/mol. The number of halogens is 1. The molecule has 0 spiro atoms. The van der Waals surface area contributed by atoms with Crippen molar-refractivity contribution in [2.24, 2.45) is 0 Å². The Balaban J connectivity index is 1.64. The summed E-state index contributed by atoms with van der Waals surface area (Å²) in [6.07, 6.45) is 3.45. The Morgan fingerprint density at radius 3 is 2.35 bits per heavy atom. The van der Waals surface area contributed by atoms with Gasteiger partial charge in [-0.15, -0.1) is 0 Å². The summed E-state index contributed by atoms with van der Waals surface area (Å²) in [6, 6.07) is 18.8. The van der Waals surface area contributed by atoms with Crippen molar-refractivity contribution in [1.29, 1.82) is 0 Å². The lowest BCUT2D eigenvalue weighted by Gasteiger charge is -2.26. The summed E-state index contributed by atoms with van der Waals surface area (Å²) in [4.78, 5) is 2.48. The van der Waals surface area contributed by atoms with E-state index < -0.39 is 0 Å². The number of rotatable bonds is 3. The van der Waals surface area contributed by atoms with Crippen LogP contribution in [-0.4, -0.2) is 18.0 Å². The summed E-state index contributed by atoms with van der Waals surface area (Å²) in [6.45, 7) is 3.17. The van der Waals surface area contributed by atoms with Gasteiger partial charge in [-0.25, -0.2) is 0 Å². The van der Waals surface area contributed by atoms with Crippen molar-refractivity contribution in [2.45, 2.75) is 13.0 Å². The van der Waals surface area contributed by atoms with Gasteiger partial charge in [-0.05, 0) is 35.3 Å². The van der Waals surface area contributed by atoms with Gasteiger partial charge in [0.1, 0.15) is 0 Å². The Morgan fingerprint density at radius 1 is 0.950 bits per heavy atom. The highest BCUT2D eigenvalue weighted by atomic mass is 35.5. The number of nitrogens with zero attached hydrogens (tertiary/aromatic N) is 1. The molecule has 0 saturated heterocycles. The standard InChI is InChI=1S/C18H18ClN/c19-18-8-6-16(7-9-18)17-10-12-20(13-11-17)14-15-4-2-1-3-5-15/h1-10H,11-14H2. The normalized spacial score (nSPS) is 15.9. The summed E-state index contributed by atoms with van der Waals surface area (Å²) >= 11 is 5.94. The first kappa shape index (κ1) is 13.4. The molecule has 0 saturated carbocycles. The van der Waals surface area contributed by atoms with Crippen LogP contribution in [0.3, 0.4) is 0 Å². The van der Waals surface area contributed by atoms with E-state index >= 15 is 0 Å². The molecule has 0 N–H and O–H groups in total. The molecule has 0 unspecified atom stereocenters. The lowest BCUT2D eigenvalue weighted by molar-refractivity contribution is 0.294. The van der Waals surface area contributed by atoms with Crippen molar-refractivity contribution >= 4 is 17.2 Å². The molecule has 1 aliphatic heterocycles. The SMILES string of the molecule is Clc1ccc(C2=CCN(Cc3ccccc3)CC2)cc1. The number of benzene rings is 2. The van der Waals surface area contributed by atoms with Crippen molar-refractivity contribution in [2.75, 3.05) is 13.1 Å². The quantitative estimate of drug-likeness (QED) is 0.794. The van der Waals surface area contributed by atoms with Gasteiger partial charge in [0.2, 0.25) is 0 Å². The molecule has 0 amide bonds. The van der Waals surface area contributed by atoms with Gasteiger partial charge in [-0.2, -0.15) is 0 Å². The third-order valence-electron chi connectivity index (χ3n) is 3.76. The highest BCUT2D eigenvalue weighted by Crippen LogP contribution is 2.24. The summed E-state index contributed by atoms with van der Waals surface area (Å²) in [5.41, 5.74) is 4.12. The minimum absolute atomic E-state index is 0.802. The molecule has 0 atom stereocenters. The van der Waals surface area contributed by atoms with E-state index in [0.717, 1.165) is 31.1 Å². The molecule has 0 radical (unpaired) electrons. The summed E-state index contributed by atoms with van der Waals surface area (Å²) < 4.78 is 0. The molecular weight excluding hydrogens is 266 g/mol. The second-order valence-corrected chi connectivity index (χ2v) is 5.64. The minimum atomic E-state index is 0.802. The van der Waals surface area contributed by atoms with Crippen molar-refractivity contribution in [1.82, 2.24) is 4.90 Å². The second-order valence-electron chi connectivity index (χ2n) is 5.21. The van der Waals surface area contributed by atoms with Gasteiger partial charge in [0.15, 0.2) is 0 Å². The molecule has 2 heteroatoms. The second kappa shape index (κ2) is 6.25. The highest BCUT2D eigenvalue weighted by molar-refractivity contribution is 6.30. The van der Waals surface area contributed by atoms with Gasteiger partial charge in [-0.3, -0.25) is 4.90 Å².